The van der Waals surface area contributed by atoms with Crippen LogP contribution < -0.4 is 25.0 Å². The maximum absolute atomic E-state index is 12.8. The van der Waals surface area contributed by atoms with Crippen LogP contribution in [0, 0.1) is 0 Å². The second kappa shape index (κ2) is 11.9. The number of carbonyl (C=O) groups is 2. The molecular formula is C27H27ClN4O4S. The van der Waals surface area contributed by atoms with Crippen molar-refractivity contribution in [3.63, 3.8) is 0 Å². The number of nitrogens with zero attached hydrogens (tertiary/aromatic N) is 2. The first-order valence-corrected chi connectivity index (χ1v) is 12.4. The molecule has 3 aromatic carbocycles. The van der Waals surface area contributed by atoms with E-state index < -0.39 is 0 Å². The number of hydrogen-bond acceptors (Lipinski definition) is 6. The van der Waals surface area contributed by atoms with E-state index in [2.05, 4.69) is 15.5 Å². The minimum atomic E-state index is -0.374. The van der Waals surface area contributed by atoms with Crippen molar-refractivity contribution >= 4 is 52.1 Å². The van der Waals surface area contributed by atoms with E-state index in [0.29, 0.717) is 35.0 Å². The summed E-state index contributed by atoms with van der Waals surface area (Å²) in [6.07, 6.45) is 0. The zero-order valence-electron chi connectivity index (χ0n) is 20.5. The molecule has 0 atom stereocenters. The molecule has 192 valence electrons. The lowest BCUT2D eigenvalue weighted by Crippen LogP contribution is -2.48. The fraction of sp³-hybridized carbons (Fsp3) is 0.222. The first kappa shape index (κ1) is 26.2. The average molecular weight is 539 g/mol. The maximum Gasteiger partial charge on any atom is 0.257 e. The van der Waals surface area contributed by atoms with Crippen LogP contribution in [-0.2, 0) is 0 Å². The largest absolute Gasteiger partial charge is 0.497 e. The summed E-state index contributed by atoms with van der Waals surface area (Å²) in [5.41, 5.74) is 2.82. The van der Waals surface area contributed by atoms with Crippen molar-refractivity contribution in [2.75, 3.05) is 50.6 Å². The number of methoxy groups -OCH3 is 2. The van der Waals surface area contributed by atoms with Crippen LogP contribution in [0.15, 0.2) is 66.7 Å². The van der Waals surface area contributed by atoms with Gasteiger partial charge in [0.1, 0.15) is 11.5 Å². The topological polar surface area (TPSA) is 83.1 Å². The van der Waals surface area contributed by atoms with Gasteiger partial charge in [-0.25, -0.2) is 0 Å². The van der Waals surface area contributed by atoms with E-state index in [-0.39, 0.29) is 16.9 Å². The van der Waals surface area contributed by atoms with E-state index in [9.17, 15) is 9.59 Å². The standard InChI is InChI=1S/C27H27ClN4O4S/c1-35-22-10-3-18(4-11-22)26(34)32-15-13-31(14-16-32)21-8-6-20(7-9-21)29-27(37)30-25(33)19-5-12-24(36-2)23(28)17-19/h3-12,17H,13-16H2,1-2H3,(H2,29,30,33,37). The van der Waals surface area contributed by atoms with Crippen molar-refractivity contribution < 1.29 is 19.1 Å². The molecule has 2 N–H and O–H groups in total. The summed E-state index contributed by atoms with van der Waals surface area (Å²) in [5, 5.41) is 6.19. The summed E-state index contributed by atoms with van der Waals surface area (Å²) in [6.45, 7) is 2.73. The Kier molecular flexibility index (Phi) is 8.47. The Labute approximate surface area is 226 Å². The minimum absolute atomic E-state index is 0.0225. The molecule has 1 saturated heterocycles. The number of thiocarbonyl (C=S) groups is 1. The van der Waals surface area contributed by atoms with Crippen molar-refractivity contribution in [2.45, 2.75) is 0 Å². The Bertz CT molecular complexity index is 1280. The Balaban J connectivity index is 1.27. The van der Waals surface area contributed by atoms with Gasteiger partial charge in [0, 0.05) is 48.7 Å². The van der Waals surface area contributed by atoms with Gasteiger partial charge < -0.3 is 24.6 Å². The molecule has 0 saturated carbocycles. The molecule has 1 fully saturated rings. The summed E-state index contributed by atoms with van der Waals surface area (Å²) in [7, 11) is 3.11. The van der Waals surface area contributed by atoms with Crippen molar-refractivity contribution in [3.8, 4) is 11.5 Å². The molecule has 3 aromatic rings. The van der Waals surface area contributed by atoms with Gasteiger partial charge in [-0.05, 0) is 78.9 Å². The summed E-state index contributed by atoms with van der Waals surface area (Å²) >= 11 is 11.4. The molecule has 10 heteroatoms. The number of halogens is 1. The molecule has 1 heterocycles. The lowest BCUT2D eigenvalue weighted by molar-refractivity contribution is 0.0746. The maximum atomic E-state index is 12.8. The highest BCUT2D eigenvalue weighted by Gasteiger charge is 2.22. The molecule has 0 aromatic heterocycles. The molecular weight excluding hydrogens is 512 g/mol. The van der Waals surface area contributed by atoms with Crippen molar-refractivity contribution in [1.29, 1.82) is 0 Å². The van der Waals surface area contributed by atoms with Gasteiger partial charge >= 0.3 is 0 Å². The first-order chi connectivity index (χ1) is 17.9. The molecule has 37 heavy (non-hydrogen) atoms. The number of nitrogens with one attached hydrogen (secondary N) is 2. The number of anilines is 2. The van der Waals surface area contributed by atoms with E-state index in [1.165, 1.54) is 13.2 Å². The lowest BCUT2D eigenvalue weighted by atomic mass is 10.1. The quantitative estimate of drug-likeness (QED) is 0.449. The van der Waals surface area contributed by atoms with Crippen molar-refractivity contribution in [1.82, 2.24) is 10.2 Å². The third-order valence-electron chi connectivity index (χ3n) is 6.04. The summed E-state index contributed by atoms with van der Waals surface area (Å²) in [4.78, 5) is 29.4. The van der Waals surface area contributed by atoms with Gasteiger partial charge in [0.15, 0.2) is 5.11 Å². The highest BCUT2D eigenvalue weighted by atomic mass is 35.5. The molecule has 0 radical (unpaired) electrons. The van der Waals surface area contributed by atoms with Gasteiger partial charge in [-0.1, -0.05) is 11.6 Å². The number of benzene rings is 3. The van der Waals surface area contributed by atoms with Crippen molar-refractivity contribution in [3.05, 3.63) is 82.9 Å². The zero-order valence-corrected chi connectivity index (χ0v) is 22.1. The van der Waals surface area contributed by atoms with Gasteiger partial charge in [0.2, 0.25) is 0 Å². The van der Waals surface area contributed by atoms with Crippen LogP contribution in [0.2, 0.25) is 5.02 Å². The normalized spacial score (nSPS) is 13.1. The molecule has 0 aliphatic carbocycles. The second-order valence-electron chi connectivity index (χ2n) is 8.31. The second-order valence-corrected chi connectivity index (χ2v) is 9.13. The van der Waals surface area contributed by atoms with E-state index in [0.717, 1.165) is 30.2 Å². The fourth-order valence-corrected chi connectivity index (χ4v) is 4.45. The smallest absolute Gasteiger partial charge is 0.257 e. The number of piperazine rings is 1. The summed E-state index contributed by atoms with van der Waals surface area (Å²) in [6, 6.07) is 19.7. The Morgan fingerprint density at radius 1 is 0.865 bits per heavy atom. The molecule has 1 aliphatic rings. The zero-order chi connectivity index (χ0) is 26.4. The third-order valence-corrected chi connectivity index (χ3v) is 6.53. The highest BCUT2D eigenvalue weighted by molar-refractivity contribution is 7.80. The minimum Gasteiger partial charge on any atom is -0.497 e. The van der Waals surface area contributed by atoms with Crippen molar-refractivity contribution in [2.24, 2.45) is 0 Å². The lowest BCUT2D eigenvalue weighted by Gasteiger charge is -2.36. The van der Waals surface area contributed by atoms with Crippen LogP contribution >= 0.6 is 23.8 Å². The number of rotatable bonds is 6. The van der Waals surface area contributed by atoms with E-state index in [1.54, 1.807) is 43.5 Å². The monoisotopic (exact) mass is 538 g/mol. The van der Waals surface area contributed by atoms with Crippen LogP contribution in [0.3, 0.4) is 0 Å². The number of ether oxygens (including phenoxy) is 2. The van der Waals surface area contributed by atoms with Gasteiger partial charge in [-0.15, -0.1) is 0 Å². The Morgan fingerprint density at radius 3 is 2.11 bits per heavy atom. The molecule has 2 amide bonds. The Hall–Kier alpha value is -3.82. The van der Waals surface area contributed by atoms with E-state index in [1.807, 2.05) is 29.2 Å². The molecule has 0 unspecified atom stereocenters. The molecule has 4 rings (SSSR count). The third kappa shape index (κ3) is 6.49. The van der Waals surface area contributed by atoms with Crippen LogP contribution in [0.25, 0.3) is 0 Å². The number of carbonyl (C=O) groups excluding carboxylic acids is 2. The molecule has 1 aliphatic heterocycles. The van der Waals surface area contributed by atoms with Crippen LogP contribution in [0.1, 0.15) is 20.7 Å². The van der Waals surface area contributed by atoms with Gasteiger partial charge in [0.05, 0.1) is 19.2 Å². The van der Waals surface area contributed by atoms with Crippen LogP contribution in [0.5, 0.6) is 11.5 Å². The average Bonchev–Trinajstić information content (AvgIpc) is 2.93. The predicted molar refractivity (Wildman–Crippen MR) is 149 cm³/mol. The SMILES string of the molecule is COc1ccc(C(=O)N2CCN(c3ccc(NC(=S)NC(=O)c4ccc(OC)c(Cl)c4)cc3)CC2)cc1. The fourth-order valence-electron chi connectivity index (χ4n) is 3.98. The van der Waals surface area contributed by atoms with Crippen LogP contribution in [-0.4, -0.2) is 62.2 Å². The Morgan fingerprint density at radius 2 is 1.51 bits per heavy atom. The van der Waals surface area contributed by atoms with Gasteiger partial charge in [-0.2, -0.15) is 0 Å². The molecule has 8 nitrogen and oxygen atoms in total. The molecule has 0 bridgehead atoms. The van der Waals surface area contributed by atoms with Gasteiger partial charge in [0.25, 0.3) is 11.8 Å². The van der Waals surface area contributed by atoms with E-state index >= 15 is 0 Å². The van der Waals surface area contributed by atoms with Gasteiger partial charge in [-0.3, -0.25) is 14.9 Å². The number of amides is 2. The first-order valence-electron chi connectivity index (χ1n) is 11.6. The van der Waals surface area contributed by atoms with Crippen LogP contribution in [0.4, 0.5) is 11.4 Å². The summed E-state index contributed by atoms with van der Waals surface area (Å²) < 4.78 is 10.3. The predicted octanol–water partition coefficient (Wildman–Crippen LogP) is 4.45. The number of hydrogen-bond donors (Lipinski definition) is 2. The van der Waals surface area contributed by atoms with E-state index in [4.69, 9.17) is 33.3 Å². The molecule has 0 spiro atoms. The summed E-state index contributed by atoms with van der Waals surface area (Å²) in [5.74, 6) is 0.865. The highest BCUT2D eigenvalue weighted by Crippen LogP contribution is 2.25.